The van der Waals surface area contributed by atoms with Gasteiger partial charge in [0.15, 0.2) is 10.8 Å². The highest BCUT2D eigenvalue weighted by Gasteiger charge is 2.22. The van der Waals surface area contributed by atoms with Gasteiger partial charge in [0.25, 0.3) is 0 Å². The topological polar surface area (TPSA) is 92.7 Å². The summed E-state index contributed by atoms with van der Waals surface area (Å²) in [6.45, 7) is 5.22. The minimum Gasteiger partial charge on any atom is -0.369 e. The summed E-state index contributed by atoms with van der Waals surface area (Å²) in [5, 5.41) is 9.00. The Morgan fingerprint density at radius 3 is 2.62 bits per heavy atom. The second-order valence-corrected chi connectivity index (χ2v) is 7.97. The zero-order chi connectivity index (χ0) is 20.2. The third-order valence-corrected chi connectivity index (χ3v) is 5.94. The molecule has 2 aromatic heterocycles. The molecule has 8 nitrogen and oxygen atoms in total. The van der Waals surface area contributed by atoms with E-state index in [2.05, 4.69) is 39.1 Å². The van der Waals surface area contributed by atoms with Crippen LogP contribution in [0.25, 0.3) is 5.65 Å². The molecule has 1 aliphatic heterocycles. The van der Waals surface area contributed by atoms with Crippen molar-refractivity contribution in [2.75, 3.05) is 42.6 Å². The number of nitrogens with two attached hydrogens (primary N) is 1. The van der Waals surface area contributed by atoms with Crippen molar-refractivity contribution in [3.05, 3.63) is 42.1 Å². The van der Waals surface area contributed by atoms with Gasteiger partial charge in [0, 0.05) is 43.6 Å². The molecule has 1 amide bonds. The number of anilines is 2. The van der Waals surface area contributed by atoms with E-state index < -0.39 is 0 Å². The highest BCUT2D eigenvalue weighted by Crippen LogP contribution is 2.22. The van der Waals surface area contributed by atoms with Crippen LogP contribution in [0.3, 0.4) is 0 Å². The van der Waals surface area contributed by atoms with E-state index >= 15 is 0 Å². The average Bonchev–Trinajstić information content (AvgIpc) is 3.16. The summed E-state index contributed by atoms with van der Waals surface area (Å²) in [5.74, 6) is 0.776. The van der Waals surface area contributed by atoms with Gasteiger partial charge in [0.05, 0.1) is 5.75 Å². The second kappa shape index (κ2) is 8.69. The Hall–Kier alpha value is -2.81. The molecular formula is C20H25N7OS. The van der Waals surface area contributed by atoms with E-state index in [0.29, 0.717) is 22.5 Å². The van der Waals surface area contributed by atoms with Crippen molar-refractivity contribution in [3.63, 3.8) is 0 Å². The van der Waals surface area contributed by atoms with Gasteiger partial charge in [-0.2, -0.15) is 0 Å². The number of para-hydroxylation sites is 1. The molecule has 0 aliphatic carbocycles. The van der Waals surface area contributed by atoms with Crippen molar-refractivity contribution in [1.29, 1.82) is 0 Å². The van der Waals surface area contributed by atoms with Gasteiger partial charge >= 0.3 is 0 Å². The first kappa shape index (κ1) is 19.5. The van der Waals surface area contributed by atoms with Crippen molar-refractivity contribution in [2.24, 2.45) is 0 Å². The lowest BCUT2D eigenvalue weighted by atomic mass is 10.2. The number of carbonyl (C=O) groups excluding carboxylic acids is 1. The molecule has 1 aromatic carbocycles. The normalized spacial score (nSPS) is 14.5. The summed E-state index contributed by atoms with van der Waals surface area (Å²) in [7, 11) is 0. The van der Waals surface area contributed by atoms with Crippen LogP contribution in [0.4, 0.5) is 11.6 Å². The van der Waals surface area contributed by atoms with Crippen LogP contribution >= 0.6 is 11.8 Å². The first-order valence-corrected chi connectivity index (χ1v) is 10.9. The number of nitrogen functional groups attached to an aromatic ring is 1. The number of thioether (sulfide) groups is 1. The zero-order valence-electron chi connectivity index (χ0n) is 16.5. The molecule has 3 heterocycles. The van der Waals surface area contributed by atoms with Crippen molar-refractivity contribution < 1.29 is 4.79 Å². The number of nitrogens with zero attached hydrogens (tertiary/aromatic N) is 6. The minimum atomic E-state index is 0.105. The molecule has 2 N–H and O–H groups in total. The summed E-state index contributed by atoms with van der Waals surface area (Å²) < 4.78 is 1.71. The number of fused-ring (bicyclic) bond motifs is 1. The maximum atomic E-state index is 12.7. The van der Waals surface area contributed by atoms with Gasteiger partial charge in [-0.15, -0.1) is 10.2 Å². The van der Waals surface area contributed by atoms with Crippen molar-refractivity contribution in [1.82, 2.24) is 24.5 Å². The first-order chi connectivity index (χ1) is 14.2. The van der Waals surface area contributed by atoms with Gasteiger partial charge in [0.2, 0.25) is 11.9 Å². The van der Waals surface area contributed by atoms with Crippen LogP contribution < -0.4 is 10.6 Å². The lowest BCUT2D eigenvalue weighted by Crippen LogP contribution is -2.49. The fraction of sp³-hybridized carbons (Fsp3) is 0.400. The van der Waals surface area contributed by atoms with Gasteiger partial charge in [-0.25, -0.2) is 9.38 Å². The molecule has 0 radical (unpaired) electrons. The molecule has 29 heavy (non-hydrogen) atoms. The summed E-state index contributed by atoms with van der Waals surface area (Å²) in [6, 6.07) is 12.2. The van der Waals surface area contributed by atoms with Crippen LogP contribution in [-0.4, -0.2) is 62.3 Å². The third kappa shape index (κ3) is 4.29. The molecule has 1 saturated heterocycles. The highest BCUT2D eigenvalue weighted by atomic mass is 32.2. The predicted octanol–water partition coefficient (Wildman–Crippen LogP) is 2.10. The molecule has 0 spiro atoms. The van der Waals surface area contributed by atoms with Crippen LogP contribution in [-0.2, 0) is 11.2 Å². The number of carbonyl (C=O) groups is 1. The fourth-order valence-electron chi connectivity index (χ4n) is 3.52. The van der Waals surface area contributed by atoms with Gasteiger partial charge in [-0.3, -0.25) is 4.79 Å². The Kier molecular flexibility index (Phi) is 5.84. The Morgan fingerprint density at radius 1 is 1.14 bits per heavy atom. The lowest BCUT2D eigenvalue weighted by Gasteiger charge is -2.36. The van der Waals surface area contributed by atoms with Crippen molar-refractivity contribution in [2.45, 2.75) is 24.9 Å². The third-order valence-electron chi connectivity index (χ3n) is 5.03. The molecule has 1 fully saturated rings. The molecule has 3 aromatic rings. The van der Waals surface area contributed by atoms with Crippen molar-refractivity contribution >= 4 is 35.0 Å². The lowest BCUT2D eigenvalue weighted by molar-refractivity contribution is -0.128. The van der Waals surface area contributed by atoms with Gasteiger partial charge in [-0.05, 0) is 18.6 Å². The van der Waals surface area contributed by atoms with Crippen LogP contribution in [0.1, 0.15) is 19.0 Å². The minimum absolute atomic E-state index is 0.105. The number of amides is 1. The molecule has 0 unspecified atom stereocenters. The highest BCUT2D eigenvalue weighted by molar-refractivity contribution is 7.99. The fourth-order valence-corrected chi connectivity index (χ4v) is 4.37. The molecule has 4 rings (SSSR count). The van der Waals surface area contributed by atoms with Gasteiger partial charge in [-0.1, -0.05) is 43.3 Å². The van der Waals surface area contributed by atoms with Crippen LogP contribution in [0.15, 0.2) is 41.6 Å². The Labute approximate surface area is 174 Å². The average molecular weight is 412 g/mol. The van der Waals surface area contributed by atoms with E-state index in [-0.39, 0.29) is 5.91 Å². The molecular weight excluding hydrogens is 386 g/mol. The summed E-state index contributed by atoms with van der Waals surface area (Å²) in [4.78, 5) is 21.3. The van der Waals surface area contributed by atoms with E-state index in [1.165, 1.54) is 17.4 Å². The smallest absolute Gasteiger partial charge is 0.233 e. The number of hydrogen-bond donors (Lipinski definition) is 1. The number of aryl methyl sites for hydroxylation is 1. The SMILES string of the molecule is CCCc1cc2nnc(SCC(=O)N3CCN(c4ccccc4)CC3)n2c(N)n1. The summed E-state index contributed by atoms with van der Waals surface area (Å²) in [5.41, 5.74) is 8.90. The Balaban J connectivity index is 1.35. The van der Waals surface area contributed by atoms with E-state index in [9.17, 15) is 4.79 Å². The number of piperazine rings is 1. The van der Waals surface area contributed by atoms with Crippen molar-refractivity contribution in [3.8, 4) is 0 Å². The molecule has 152 valence electrons. The van der Waals surface area contributed by atoms with E-state index in [0.717, 1.165) is 44.7 Å². The number of hydrogen-bond acceptors (Lipinski definition) is 7. The monoisotopic (exact) mass is 411 g/mol. The Bertz CT molecular complexity index is 983. The van der Waals surface area contributed by atoms with Gasteiger partial charge < -0.3 is 15.5 Å². The number of aromatic nitrogens is 4. The van der Waals surface area contributed by atoms with Crippen LogP contribution in [0.2, 0.25) is 0 Å². The predicted molar refractivity (Wildman–Crippen MR) is 115 cm³/mol. The van der Waals surface area contributed by atoms with Gasteiger partial charge in [0.1, 0.15) is 0 Å². The number of benzene rings is 1. The van der Waals surface area contributed by atoms with E-state index in [1.54, 1.807) is 4.40 Å². The standard InChI is InChI=1S/C20H25N7OS/c1-2-6-15-13-17-23-24-20(27(17)19(21)22-15)29-14-18(28)26-11-9-25(10-12-26)16-7-4-3-5-8-16/h3-5,7-8,13H,2,6,9-12,14H2,1H3,(H2,21,22). The molecule has 0 atom stereocenters. The quantitative estimate of drug-likeness (QED) is 0.621. The van der Waals surface area contributed by atoms with E-state index in [4.69, 9.17) is 5.73 Å². The summed E-state index contributed by atoms with van der Waals surface area (Å²) in [6.07, 6.45) is 1.84. The maximum Gasteiger partial charge on any atom is 0.233 e. The zero-order valence-corrected chi connectivity index (χ0v) is 17.3. The molecule has 0 saturated carbocycles. The number of rotatable bonds is 6. The maximum absolute atomic E-state index is 12.7. The van der Waals surface area contributed by atoms with Crippen LogP contribution in [0.5, 0.6) is 0 Å². The largest absolute Gasteiger partial charge is 0.369 e. The van der Waals surface area contributed by atoms with E-state index in [1.807, 2.05) is 29.2 Å². The van der Waals surface area contributed by atoms with Crippen LogP contribution in [0, 0.1) is 0 Å². The summed E-state index contributed by atoms with van der Waals surface area (Å²) >= 11 is 1.35. The first-order valence-electron chi connectivity index (χ1n) is 9.87. The Morgan fingerprint density at radius 2 is 1.90 bits per heavy atom. The molecule has 9 heteroatoms. The molecule has 1 aliphatic rings. The molecule has 0 bridgehead atoms. The second-order valence-electron chi connectivity index (χ2n) is 7.02.